The standard InChI is InChI=1S/C11H12Cl3N3/c1-7(6-15)17-9-5-3-2-4-8(9)16-10(17)11(12,13)14/h2-5,7H,6,15H2,1H3. The number of aromatic nitrogens is 2. The first kappa shape index (κ1) is 13.0. The van der Waals surface area contributed by atoms with E-state index in [0.29, 0.717) is 12.4 Å². The molecule has 0 spiro atoms. The van der Waals surface area contributed by atoms with Gasteiger partial charge in [0.05, 0.1) is 11.0 Å². The number of imidazole rings is 1. The molecular weight excluding hydrogens is 281 g/mol. The largest absolute Gasteiger partial charge is 0.328 e. The molecule has 1 unspecified atom stereocenters. The normalized spacial score (nSPS) is 14.2. The van der Waals surface area contributed by atoms with Crippen LogP contribution >= 0.6 is 34.8 Å². The van der Waals surface area contributed by atoms with Gasteiger partial charge in [-0.05, 0) is 19.1 Å². The van der Waals surface area contributed by atoms with Gasteiger partial charge in [0.1, 0.15) is 0 Å². The van der Waals surface area contributed by atoms with Gasteiger partial charge in [0.2, 0.25) is 3.79 Å². The molecule has 6 heteroatoms. The van der Waals surface area contributed by atoms with Gasteiger partial charge in [-0.25, -0.2) is 4.98 Å². The van der Waals surface area contributed by atoms with Gasteiger partial charge in [-0.3, -0.25) is 0 Å². The Morgan fingerprint density at radius 2 is 2.00 bits per heavy atom. The summed E-state index contributed by atoms with van der Waals surface area (Å²) in [4.78, 5) is 4.36. The number of halogens is 3. The molecule has 2 rings (SSSR count). The van der Waals surface area contributed by atoms with Crippen LogP contribution in [0, 0.1) is 0 Å². The van der Waals surface area contributed by atoms with E-state index in [2.05, 4.69) is 4.98 Å². The van der Waals surface area contributed by atoms with Crippen molar-refractivity contribution in [2.75, 3.05) is 6.54 Å². The second-order valence-corrected chi connectivity index (χ2v) is 6.16. The van der Waals surface area contributed by atoms with Crippen LogP contribution in [0.25, 0.3) is 11.0 Å². The molecule has 3 nitrogen and oxygen atoms in total. The van der Waals surface area contributed by atoms with Crippen molar-refractivity contribution in [2.24, 2.45) is 5.73 Å². The van der Waals surface area contributed by atoms with Crippen molar-refractivity contribution in [3.05, 3.63) is 30.1 Å². The first-order valence-electron chi connectivity index (χ1n) is 5.19. The molecule has 92 valence electrons. The summed E-state index contributed by atoms with van der Waals surface area (Å²) in [7, 11) is 0. The van der Waals surface area contributed by atoms with Crippen LogP contribution in [-0.4, -0.2) is 16.1 Å². The van der Waals surface area contributed by atoms with Crippen molar-refractivity contribution in [1.29, 1.82) is 0 Å². The van der Waals surface area contributed by atoms with Crippen molar-refractivity contribution in [3.63, 3.8) is 0 Å². The van der Waals surface area contributed by atoms with Crippen LogP contribution in [0.5, 0.6) is 0 Å². The molecule has 0 saturated heterocycles. The third-order valence-corrected chi connectivity index (χ3v) is 3.14. The fourth-order valence-electron chi connectivity index (χ4n) is 1.80. The number of alkyl halides is 3. The van der Waals surface area contributed by atoms with Gasteiger partial charge in [-0.15, -0.1) is 0 Å². The second-order valence-electron chi connectivity index (χ2n) is 3.88. The summed E-state index contributed by atoms with van der Waals surface area (Å²) in [6.07, 6.45) is 0. The first-order chi connectivity index (χ1) is 7.95. The van der Waals surface area contributed by atoms with Crippen molar-refractivity contribution >= 4 is 45.8 Å². The zero-order chi connectivity index (χ0) is 12.6. The van der Waals surface area contributed by atoms with Gasteiger partial charge in [0.25, 0.3) is 0 Å². The highest BCUT2D eigenvalue weighted by atomic mass is 35.6. The molecule has 2 N–H and O–H groups in total. The van der Waals surface area contributed by atoms with Gasteiger partial charge < -0.3 is 10.3 Å². The van der Waals surface area contributed by atoms with Crippen LogP contribution < -0.4 is 5.73 Å². The van der Waals surface area contributed by atoms with Gasteiger partial charge >= 0.3 is 0 Å². The van der Waals surface area contributed by atoms with Crippen LogP contribution in [0.3, 0.4) is 0 Å². The molecule has 0 aliphatic rings. The Hall–Kier alpha value is -0.480. The van der Waals surface area contributed by atoms with Crippen molar-refractivity contribution in [2.45, 2.75) is 16.8 Å². The summed E-state index contributed by atoms with van der Waals surface area (Å²) in [5.74, 6) is 0.404. The number of nitrogens with two attached hydrogens (primary N) is 1. The third kappa shape index (κ3) is 2.38. The van der Waals surface area contributed by atoms with Crippen molar-refractivity contribution in [3.8, 4) is 0 Å². The second kappa shape index (κ2) is 4.65. The number of fused-ring (bicyclic) bond motifs is 1. The summed E-state index contributed by atoms with van der Waals surface area (Å²) >= 11 is 17.8. The topological polar surface area (TPSA) is 43.8 Å². The number of benzene rings is 1. The minimum absolute atomic E-state index is 0.0213. The van der Waals surface area contributed by atoms with E-state index in [-0.39, 0.29) is 6.04 Å². The lowest BCUT2D eigenvalue weighted by atomic mass is 10.3. The molecule has 2 aromatic rings. The Labute approximate surface area is 114 Å². The molecule has 0 fully saturated rings. The maximum absolute atomic E-state index is 5.94. The maximum atomic E-state index is 5.94. The molecule has 1 atom stereocenters. The fourth-order valence-corrected chi connectivity index (χ4v) is 2.20. The summed E-state index contributed by atoms with van der Waals surface area (Å²) in [6, 6.07) is 7.66. The smallest absolute Gasteiger partial charge is 0.248 e. The molecule has 0 saturated carbocycles. The Morgan fingerprint density at radius 3 is 2.59 bits per heavy atom. The number of rotatable bonds is 2. The van der Waals surface area contributed by atoms with E-state index >= 15 is 0 Å². The van der Waals surface area contributed by atoms with Crippen molar-refractivity contribution in [1.82, 2.24) is 9.55 Å². The quantitative estimate of drug-likeness (QED) is 0.862. The zero-order valence-corrected chi connectivity index (χ0v) is 11.5. The van der Waals surface area contributed by atoms with E-state index in [1.54, 1.807) is 0 Å². The Bertz CT molecular complexity index is 530. The lowest BCUT2D eigenvalue weighted by molar-refractivity contribution is 0.551. The fraction of sp³-hybridized carbons (Fsp3) is 0.364. The predicted octanol–water partition coefficient (Wildman–Crippen LogP) is 3.38. The monoisotopic (exact) mass is 291 g/mol. The minimum atomic E-state index is -1.55. The summed E-state index contributed by atoms with van der Waals surface area (Å²) in [5.41, 5.74) is 7.41. The predicted molar refractivity (Wildman–Crippen MR) is 72.7 cm³/mol. The molecule has 1 heterocycles. The number of hydrogen-bond donors (Lipinski definition) is 1. The molecule has 0 aliphatic carbocycles. The van der Waals surface area contributed by atoms with E-state index in [1.165, 1.54) is 0 Å². The molecule has 1 aromatic carbocycles. The van der Waals surface area contributed by atoms with Crippen molar-refractivity contribution < 1.29 is 0 Å². The number of hydrogen-bond acceptors (Lipinski definition) is 2. The van der Waals surface area contributed by atoms with Crippen LogP contribution in [0.2, 0.25) is 0 Å². The first-order valence-corrected chi connectivity index (χ1v) is 6.32. The van der Waals surface area contributed by atoms with E-state index in [4.69, 9.17) is 40.5 Å². The molecule has 0 bridgehead atoms. The Morgan fingerprint density at radius 1 is 1.35 bits per heavy atom. The van der Waals surface area contributed by atoms with Gasteiger partial charge in [-0.2, -0.15) is 0 Å². The highest BCUT2D eigenvalue weighted by Crippen LogP contribution is 2.40. The number of para-hydroxylation sites is 2. The molecule has 1 aromatic heterocycles. The summed E-state index contributed by atoms with van der Waals surface area (Å²) in [5, 5.41) is 0. The highest BCUT2D eigenvalue weighted by Gasteiger charge is 2.31. The van der Waals surface area contributed by atoms with Gasteiger partial charge in [-0.1, -0.05) is 46.9 Å². The van der Waals surface area contributed by atoms with Crippen LogP contribution in [0.1, 0.15) is 18.8 Å². The summed E-state index contributed by atoms with van der Waals surface area (Å²) in [6.45, 7) is 2.42. The van der Waals surface area contributed by atoms with Gasteiger partial charge in [0.15, 0.2) is 5.82 Å². The molecule has 0 aliphatic heterocycles. The number of nitrogens with zero attached hydrogens (tertiary/aromatic N) is 2. The molecule has 17 heavy (non-hydrogen) atoms. The van der Waals surface area contributed by atoms with Gasteiger partial charge in [0, 0.05) is 12.6 Å². The lowest BCUT2D eigenvalue weighted by Gasteiger charge is -2.19. The lowest BCUT2D eigenvalue weighted by Crippen LogP contribution is -2.21. The average Bonchev–Trinajstić information content (AvgIpc) is 2.67. The van der Waals surface area contributed by atoms with E-state index in [9.17, 15) is 0 Å². The molecular formula is C11H12Cl3N3. The van der Waals surface area contributed by atoms with E-state index < -0.39 is 3.79 Å². The van der Waals surface area contributed by atoms with Crippen LogP contribution in [0.4, 0.5) is 0 Å². The van der Waals surface area contributed by atoms with Crippen LogP contribution in [0.15, 0.2) is 24.3 Å². The molecule has 0 radical (unpaired) electrons. The minimum Gasteiger partial charge on any atom is -0.328 e. The zero-order valence-electron chi connectivity index (χ0n) is 9.20. The SMILES string of the molecule is CC(CN)n1c(C(Cl)(Cl)Cl)nc2ccccc21. The third-order valence-electron chi connectivity index (χ3n) is 2.63. The van der Waals surface area contributed by atoms with E-state index in [0.717, 1.165) is 11.0 Å². The maximum Gasteiger partial charge on any atom is 0.248 e. The highest BCUT2D eigenvalue weighted by molar-refractivity contribution is 6.66. The molecule has 0 amide bonds. The average molecular weight is 293 g/mol. The van der Waals surface area contributed by atoms with E-state index in [1.807, 2.05) is 35.8 Å². The Balaban J connectivity index is 2.74. The summed E-state index contributed by atoms with van der Waals surface area (Å²) < 4.78 is 0.324. The Kier molecular flexibility index (Phi) is 3.55. The van der Waals surface area contributed by atoms with Crippen LogP contribution in [-0.2, 0) is 3.79 Å².